The fourth-order valence-corrected chi connectivity index (χ4v) is 4.79. The van der Waals surface area contributed by atoms with E-state index in [-0.39, 0.29) is 24.4 Å². The third-order valence-electron chi connectivity index (χ3n) is 5.77. The van der Waals surface area contributed by atoms with Gasteiger partial charge in [0, 0.05) is 25.3 Å². The van der Waals surface area contributed by atoms with E-state index in [4.69, 9.17) is 14.2 Å². The molecule has 0 radical (unpaired) electrons. The molecule has 2 aromatic rings. The van der Waals surface area contributed by atoms with Gasteiger partial charge in [0.05, 0.1) is 25.7 Å². The average molecular weight is 461 g/mol. The Morgan fingerprint density at radius 3 is 2.53 bits per heavy atom. The Labute approximate surface area is 193 Å². The van der Waals surface area contributed by atoms with E-state index >= 15 is 0 Å². The second-order valence-electron chi connectivity index (χ2n) is 7.82. The number of carbonyl (C=O) groups excluding carboxylic acids is 2. The lowest BCUT2D eigenvalue weighted by molar-refractivity contribution is -0.127. The lowest BCUT2D eigenvalue weighted by Crippen LogP contribution is -2.48. The standard InChI is InChI=1S/C24H32N2O5S/c1-29-14-13-26(24(28)21-10-7-15-32-21)22(23(27)25-17-8-5-4-6-9-17)19-16-18(30-2)11-12-20(19)31-3/h7,10-12,15-17,22H,4-6,8-9,13-14H2,1-3H3,(H,25,27). The van der Waals surface area contributed by atoms with Gasteiger partial charge in [0.25, 0.3) is 5.91 Å². The van der Waals surface area contributed by atoms with Gasteiger partial charge in [0.15, 0.2) is 0 Å². The molecule has 8 heteroatoms. The molecule has 1 unspecified atom stereocenters. The molecule has 174 valence electrons. The number of ether oxygens (including phenoxy) is 3. The maximum absolute atomic E-state index is 13.7. The van der Waals surface area contributed by atoms with Crippen LogP contribution in [0.1, 0.15) is 53.4 Å². The summed E-state index contributed by atoms with van der Waals surface area (Å²) in [6.07, 6.45) is 5.28. The summed E-state index contributed by atoms with van der Waals surface area (Å²) in [4.78, 5) is 29.4. The van der Waals surface area contributed by atoms with Crippen LogP contribution in [0.4, 0.5) is 0 Å². The van der Waals surface area contributed by atoms with E-state index in [0.29, 0.717) is 28.5 Å². The summed E-state index contributed by atoms with van der Waals surface area (Å²) in [6, 6.07) is 8.13. The Bertz CT molecular complexity index is 881. The molecule has 1 aromatic carbocycles. The van der Waals surface area contributed by atoms with Gasteiger partial charge in [-0.3, -0.25) is 9.59 Å². The number of amides is 2. The third kappa shape index (κ3) is 5.81. The molecule has 1 saturated carbocycles. The maximum Gasteiger partial charge on any atom is 0.264 e. The lowest BCUT2D eigenvalue weighted by Gasteiger charge is -2.33. The molecule has 7 nitrogen and oxygen atoms in total. The highest BCUT2D eigenvalue weighted by molar-refractivity contribution is 7.12. The van der Waals surface area contributed by atoms with Crippen LogP contribution in [0.2, 0.25) is 0 Å². The predicted octanol–water partition coefficient (Wildman–Crippen LogP) is 4.04. The number of methoxy groups -OCH3 is 3. The molecule has 1 N–H and O–H groups in total. The first kappa shape index (κ1) is 24.1. The van der Waals surface area contributed by atoms with Crippen LogP contribution in [0.25, 0.3) is 0 Å². The van der Waals surface area contributed by atoms with E-state index in [1.54, 1.807) is 50.5 Å². The van der Waals surface area contributed by atoms with Crippen LogP contribution in [0.5, 0.6) is 11.5 Å². The summed E-state index contributed by atoms with van der Waals surface area (Å²) in [7, 11) is 4.71. The van der Waals surface area contributed by atoms with E-state index < -0.39 is 6.04 Å². The van der Waals surface area contributed by atoms with E-state index in [2.05, 4.69) is 5.32 Å². The van der Waals surface area contributed by atoms with Crippen molar-refractivity contribution < 1.29 is 23.8 Å². The van der Waals surface area contributed by atoms with Crippen molar-refractivity contribution in [3.8, 4) is 11.5 Å². The van der Waals surface area contributed by atoms with E-state index in [9.17, 15) is 9.59 Å². The number of carbonyl (C=O) groups is 2. The third-order valence-corrected chi connectivity index (χ3v) is 6.63. The van der Waals surface area contributed by atoms with Gasteiger partial charge < -0.3 is 24.4 Å². The molecule has 32 heavy (non-hydrogen) atoms. The fourth-order valence-electron chi connectivity index (χ4n) is 4.11. The highest BCUT2D eigenvalue weighted by Gasteiger charge is 2.35. The zero-order chi connectivity index (χ0) is 22.9. The molecule has 1 atom stereocenters. The predicted molar refractivity (Wildman–Crippen MR) is 125 cm³/mol. The summed E-state index contributed by atoms with van der Waals surface area (Å²) in [5, 5.41) is 5.05. The van der Waals surface area contributed by atoms with Crippen LogP contribution in [0.3, 0.4) is 0 Å². The Kier molecular flexibility index (Phi) is 8.93. The normalized spacial score (nSPS) is 15.1. The minimum Gasteiger partial charge on any atom is -0.497 e. The number of hydrogen-bond acceptors (Lipinski definition) is 6. The molecular weight excluding hydrogens is 428 g/mol. The van der Waals surface area contributed by atoms with Crippen molar-refractivity contribution in [2.45, 2.75) is 44.2 Å². The van der Waals surface area contributed by atoms with Gasteiger partial charge in [0.1, 0.15) is 17.5 Å². The van der Waals surface area contributed by atoms with Crippen molar-refractivity contribution in [2.75, 3.05) is 34.5 Å². The summed E-state index contributed by atoms with van der Waals surface area (Å²) in [5.74, 6) is 0.678. The highest BCUT2D eigenvalue weighted by atomic mass is 32.1. The van der Waals surface area contributed by atoms with E-state index in [1.165, 1.54) is 17.8 Å². The SMILES string of the molecule is COCCN(C(=O)c1cccs1)C(C(=O)NC1CCCCC1)c1cc(OC)ccc1OC. The van der Waals surface area contributed by atoms with Gasteiger partial charge in [-0.05, 0) is 42.5 Å². The summed E-state index contributed by atoms with van der Waals surface area (Å²) in [6.45, 7) is 0.562. The highest BCUT2D eigenvalue weighted by Crippen LogP contribution is 2.35. The number of thiophene rings is 1. The second-order valence-corrected chi connectivity index (χ2v) is 8.77. The van der Waals surface area contributed by atoms with Crippen LogP contribution >= 0.6 is 11.3 Å². The Morgan fingerprint density at radius 2 is 1.91 bits per heavy atom. The van der Waals surface area contributed by atoms with Crippen molar-refractivity contribution in [1.29, 1.82) is 0 Å². The minimum atomic E-state index is -0.883. The first-order valence-corrected chi connectivity index (χ1v) is 11.8. The quantitative estimate of drug-likeness (QED) is 0.579. The fraction of sp³-hybridized carbons (Fsp3) is 0.500. The van der Waals surface area contributed by atoms with Crippen molar-refractivity contribution >= 4 is 23.2 Å². The van der Waals surface area contributed by atoms with E-state index in [0.717, 1.165) is 25.7 Å². The van der Waals surface area contributed by atoms with Crippen LogP contribution < -0.4 is 14.8 Å². The number of nitrogens with zero attached hydrogens (tertiary/aromatic N) is 1. The second kappa shape index (κ2) is 11.9. The first-order chi connectivity index (χ1) is 15.6. The van der Waals surface area contributed by atoms with Gasteiger partial charge in [-0.25, -0.2) is 0 Å². The molecular formula is C24H32N2O5S. The summed E-state index contributed by atoms with van der Waals surface area (Å²) < 4.78 is 16.3. The monoisotopic (exact) mass is 460 g/mol. The zero-order valence-corrected chi connectivity index (χ0v) is 19.8. The molecule has 0 saturated heterocycles. The first-order valence-electron chi connectivity index (χ1n) is 10.9. The molecule has 0 spiro atoms. The van der Waals surface area contributed by atoms with Gasteiger partial charge in [-0.2, -0.15) is 0 Å². The van der Waals surface area contributed by atoms with Crippen LogP contribution in [-0.2, 0) is 9.53 Å². The topological polar surface area (TPSA) is 77.1 Å². The Morgan fingerprint density at radius 1 is 1.12 bits per heavy atom. The van der Waals surface area contributed by atoms with Crippen LogP contribution in [0.15, 0.2) is 35.7 Å². The molecule has 1 heterocycles. The summed E-state index contributed by atoms with van der Waals surface area (Å²) in [5.41, 5.74) is 0.584. The maximum atomic E-state index is 13.7. The Balaban J connectivity index is 2.04. The molecule has 1 aliphatic carbocycles. The largest absolute Gasteiger partial charge is 0.497 e. The molecule has 0 bridgehead atoms. The molecule has 2 amide bonds. The number of hydrogen-bond donors (Lipinski definition) is 1. The molecule has 1 aromatic heterocycles. The van der Waals surface area contributed by atoms with Crippen LogP contribution in [-0.4, -0.2) is 57.2 Å². The molecule has 0 aliphatic heterocycles. The number of rotatable bonds is 10. The van der Waals surface area contributed by atoms with Crippen molar-refractivity contribution in [2.24, 2.45) is 0 Å². The molecule has 1 aliphatic rings. The van der Waals surface area contributed by atoms with Crippen molar-refractivity contribution in [1.82, 2.24) is 10.2 Å². The number of benzene rings is 1. The Hall–Kier alpha value is -2.58. The van der Waals surface area contributed by atoms with Crippen molar-refractivity contribution in [3.63, 3.8) is 0 Å². The van der Waals surface area contributed by atoms with Crippen LogP contribution in [0, 0.1) is 0 Å². The van der Waals surface area contributed by atoms with Gasteiger partial charge in [0.2, 0.25) is 5.91 Å². The van der Waals surface area contributed by atoms with Gasteiger partial charge in [-0.15, -0.1) is 11.3 Å². The summed E-state index contributed by atoms with van der Waals surface area (Å²) >= 11 is 1.35. The van der Waals surface area contributed by atoms with Gasteiger partial charge >= 0.3 is 0 Å². The molecule has 3 rings (SSSR count). The molecule has 1 fully saturated rings. The number of nitrogens with one attached hydrogen (secondary N) is 1. The lowest BCUT2D eigenvalue weighted by atomic mass is 9.94. The zero-order valence-electron chi connectivity index (χ0n) is 19.0. The minimum absolute atomic E-state index is 0.108. The van der Waals surface area contributed by atoms with Crippen molar-refractivity contribution in [3.05, 3.63) is 46.2 Å². The average Bonchev–Trinajstić information content (AvgIpc) is 3.36. The smallest absolute Gasteiger partial charge is 0.264 e. The van der Waals surface area contributed by atoms with E-state index in [1.807, 2.05) is 11.4 Å². The van der Waals surface area contributed by atoms with Gasteiger partial charge in [-0.1, -0.05) is 25.3 Å².